The first kappa shape index (κ1) is 19.7. The van der Waals surface area contributed by atoms with Crippen molar-refractivity contribution < 1.29 is 24.0 Å². The second kappa shape index (κ2) is 8.77. The number of hydrogen-bond acceptors (Lipinski definition) is 9. The van der Waals surface area contributed by atoms with Crippen molar-refractivity contribution in [3.05, 3.63) is 58.1 Å². The fourth-order valence-corrected chi connectivity index (χ4v) is 3.11. The van der Waals surface area contributed by atoms with Crippen molar-refractivity contribution in [3.8, 4) is 11.8 Å². The lowest BCUT2D eigenvalue weighted by Gasteiger charge is -2.06. The maximum absolute atomic E-state index is 11.9. The summed E-state index contributed by atoms with van der Waals surface area (Å²) in [5, 5.41) is 22.2. The van der Waals surface area contributed by atoms with Gasteiger partial charge in [0.1, 0.15) is 5.75 Å². The summed E-state index contributed by atoms with van der Waals surface area (Å²) in [4.78, 5) is 38.0. The number of carbonyl (C=O) groups is 2. The molecule has 11 heteroatoms. The number of ether oxygens (including phenoxy) is 2. The van der Waals surface area contributed by atoms with Crippen molar-refractivity contribution in [3.63, 3.8) is 0 Å². The number of nitro groups is 1. The van der Waals surface area contributed by atoms with Gasteiger partial charge in [-0.1, -0.05) is 11.3 Å². The molecule has 3 rings (SSSR count). The van der Waals surface area contributed by atoms with Crippen molar-refractivity contribution in [2.24, 2.45) is 0 Å². The number of nitrogens with zero attached hydrogens (tertiary/aromatic N) is 3. The quantitative estimate of drug-likeness (QED) is 0.354. The first-order valence-corrected chi connectivity index (χ1v) is 8.89. The molecule has 0 bridgehead atoms. The zero-order valence-corrected chi connectivity index (χ0v) is 15.5. The van der Waals surface area contributed by atoms with E-state index in [1.807, 2.05) is 6.07 Å². The molecule has 0 unspecified atom stereocenters. The molecular weight excluding hydrogens is 400 g/mol. The molecule has 0 fully saturated rings. The largest absolute Gasteiger partial charge is 0.482 e. The Hall–Kier alpha value is -4.04. The number of nitro benzene ring substituents is 1. The van der Waals surface area contributed by atoms with E-state index in [2.05, 4.69) is 10.3 Å². The molecule has 1 amide bonds. The number of amides is 1. The van der Waals surface area contributed by atoms with Gasteiger partial charge >= 0.3 is 5.97 Å². The van der Waals surface area contributed by atoms with Crippen molar-refractivity contribution in [2.75, 3.05) is 18.5 Å². The van der Waals surface area contributed by atoms with E-state index in [4.69, 9.17) is 14.7 Å². The molecule has 0 aliphatic heterocycles. The highest BCUT2D eigenvalue weighted by molar-refractivity contribution is 7.22. The maximum atomic E-state index is 11.9. The number of hydrogen-bond donors (Lipinski definition) is 1. The summed E-state index contributed by atoms with van der Waals surface area (Å²) in [7, 11) is 0. The molecule has 2 aromatic carbocycles. The molecule has 0 saturated carbocycles. The molecule has 1 aromatic heterocycles. The lowest BCUT2D eigenvalue weighted by Crippen LogP contribution is -2.23. The van der Waals surface area contributed by atoms with Crippen LogP contribution in [-0.2, 0) is 14.3 Å². The minimum absolute atomic E-state index is 0.0739. The average Bonchev–Trinajstić information content (AvgIpc) is 3.12. The third-order valence-electron chi connectivity index (χ3n) is 3.53. The van der Waals surface area contributed by atoms with Gasteiger partial charge in [0.15, 0.2) is 18.3 Å². The van der Waals surface area contributed by atoms with Crippen molar-refractivity contribution >= 4 is 44.2 Å². The fourth-order valence-electron chi connectivity index (χ4n) is 2.19. The molecule has 3 aromatic rings. The number of nitrogens with one attached hydrogen (secondary N) is 1. The summed E-state index contributed by atoms with van der Waals surface area (Å²) in [6.45, 7) is -0.935. The van der Waals surface area contributed by atoms with Crippen LogP contribution in [-0.4, -0.2) is 35.0 Å². The highest BCUT2D eigenvalue weighted by Crippen LogP contribution is 2.29. The maximum Gasteiger partial charge on any atom is 0.344 e. The number of esters is 1. The van der Waals surface area contributed by atoms with Crippen LogP contribution in [0.5, 0.6) is 5.75 Å². The SMILES string of the molecule is N#Cc1ccc(OCC(=O)OCC(=O)Nc2nc3ccc([N+](=O)[O-])cc3s2)cc1. The summed E-state index contributed by atoms with van der Waals surface area (Å²) < 4.78 is 10.6. The highest BCUT2D eigenvalue weighted by Gasteiger charge is 2.13. The molecule has 1 N–H and O–H groups in total. The van der Waals surface area contributed by atoms with E-state index >= 15 is 0 Å². The Kier molecular flexibility index (Phi) is 5.96. The van der Waals surface area contributed by atoms with Crippen LogP contribution in [0.1, 0.15) is 5.56 Å². The van der Waals surface area contributed by atoms with Crippen LogP contribution in [0.4, 0.5) is 10.8 Å². The summed E-state index contributed by atoms with van der Waals surface area (Å²) in [6, 6.07) is 12.3. The highest BCUT2D eigenvalue weighted by atomic mass is 32.1. The summed E-state index contributed by atoms with van der Waals surface area (Å²) in [6.07, 6.45) is 0. The molecule has 0 atom stereocenters. The van der Waals surface area contributed by atoms with Gasteiger partial charge < -0.3 is 9.47 Å². The van der Waals surface area contributed by atoms with E-state index in [-0.39, 0.29) is 10.8 Å². The Morgan fingerprint density at radius 3 is 2.66 bits per heavy atom. The van der Waals surface area contributed by atoms with E-state index in [0.717, 1.165) is 11.3 Å². The molecular formula is C18H12N4O6S. The minimum atomic E-state index is -0.746. The van der Waals surface area contributed by atoms with Crippen molar-refractivity contribution in [1.82, 2.24) is 4.98 Å². The second-order valence-electron chi connectivity index (χ2n) is 5.56. The van der Waals surface area contributed by atoms with Crippen molar-refractivity contribution in [2.45, 2.75) is 0 Å². The van der Waals surface area contributed by atoms with Crippen LogP contribution in [0, 0.1) is 21.4 Å². The van der Waals surface area contributed by atoms with Crippen LogP contribution in [0.3, 0.4) is 0 Å². The lowest BCUT2D eigenvalue weighted by atomic mass is 10.2. The van der Waals surface area contributed by atoms with Gasteiger partial charge in [-0.15, -0.1) is 0 Å². The zero-order valence-electron chi connectivity index (χ0n) is 14.7. The zero-order chi connectivity index (χ0) is 20.8. The van der Waals surface area contributed by atoms with Gasteiger partial charge in [0, 0.05) is 12.1 Å². The standard InChI is InChI=1S/C18H12N4O6S/c19-8-11-1-4-13(5-2-11)27-10-17(24)28-9-16(23)21-18-20-14-6-3-12(22(25)26)7-15(14)29-18/h1-7H,9-10H2,(H,20,21,23). The number of benzene rings is 2. The van der Waals surface area contributed by atoms with Gasteiger partial charge in [-0.3, -0.25) is 20.2 Å². The van der Waals surface area contributed by atoms with Crippen LogP contribution in [0.25, 0.3) is 10.2 Å². The summed E-state index contributed by atoms with van der Waals surface area (Å²) >= 11 is 1.07. The Bertz CT molecular complexity index is 1120. The number of carbonyl (C=O) groups excluding carboxylic acids is 2. The number of thiazole rings is 1. The van der Waals surface area contributed by atoms with E-state index in [1.54, 1.807) is 12.1 Å². The molecule has 10 nitrogen and oxygen atoms in total. The van der Waals surface area contributed by atoms with E-state index in [1.165, 1.54) is 30.3 Å². The normalized spacial score (nSPS) is 10.2. The first-order chi connectivity index (χ1) is 13.9. The molecule has 0 aliphatic carbocycles. The topological polar surface area (TPSA) is 144 Å². The van der Waals surface area contributed by atoms with Crippen LogP contribution in [0.15, 0.2) is 42.5 Å². The molecule has 146 valence electrons. The van der Waals surface area contributed by atoms with Crippen molar-refractivity contribution in [1.29, 1.82) is 5.26 Å². The van der Waals surface area contributed by atoms with Crippen LogP contribution in [0.2, 0.25) is 0 Å². The predicted molar refractivity (Wildman–Crippen MR) is 103 cm³/mol. The molecule has 0 radical (unpaired) electrons. The van der Waals surface area contributed by atoms with Gasteiger partial charge in [0.2, 0.25) is 0 Å². The average molecular weight is 412 g/mol. The summed E-state index contributed by atoms with van der Waals surface area (Å²) in [5.41, 5.74) is 0.889. The number of fused-ring (bicyclic) bond motifs is 1. The van der Waals surface area contributed by atoms with E-state index < -0.39 is 30.0 Å². The number of non-ortho nitro benzene ring substituents is 1. The van der Waals surface area contributed by atoms with Gasteiger partial charge in [0.25, 0.3) is 11.6 Å². The van der Waals surface area contributed by atoms with Gasteiger partial charge in [-0.25, -0.2) is 9.78 Å². The molecule has 0 saturated heterocycles. The van der Waals surface area contributed by atoms with Gasteiger partial charge in [0.05, 0.1) is 26.8 Å². The van der Waals surface area contributed by atoms with Crippen LogP contribution < -0.4 is 10.1 Å². The smallest absolute Gasteiger partial charge is 0.344 e. The predicted octanol–water partition coefficient (Wildman–Crippen LogP) is 2.64. The minimum Gasteiger partial charge on any atom is -0.482 e. The van der Waals surface area contributed by atoms with E-state index in [0.29, 0.717) is 21.5 Å². The Morgan fingerprint density at radius 2 is 1.97 bits per heavy atom. The van der Waals surface area contributed by atoms with Crippen LogP contribution >= 0.6 is 11.3 Å². The number of anilines is 1. The Balaban J connectivity index is 1.47. The fraction of sp³-hybridized carbons (Fsp3) is 0.111. The molecule has 29 heavy (non-hydrogen) atoms. The number of aromatic nitrogens is 1. The number of rotatable bonds is 7. The van der Waals surface area contributed by atoms with Gasteiger partial charge in [-0.2, -0.15) is 5.26 Å². The third kappa shape index (κ3) is 5.24. The monoisotopic (exact) mass is 412 g/mol. The second-order valence-corrected chi connectivity index (χ2v) is 6.59. The number of nitriles is 1. The Labute approximate surface area is 167 Å². The Morgan fingerprint density at radius 1 is 1.21 bits per heavy atom. The van der Waals surface area contributed by atoms with Gasteiger partial charge in [-0.05, 0) is 30.3 Å². The van der Waals surface area contributed by atoms with E-state index in [9.17, 15) is 19.7 Å². The molecule has 1 heterocycles. The molecule has 0 aliphatic rings. The molecule has 0 spiro atoms. The lowest BCUT2D eigenvalue weighted by molar-refractivity contribution is -0.384. The first-order valence-electron chi connectivity index (χ1n) is 8.08. The third-order valence-corrected chi connectivity index (χ3v) is 4.47. The summed E-state index contributed by atoms with van der Waals surface area (Å²) in [5.74, 6) is -0.969.